The molecular weight excluding hydrogens is 589 g/mol. The molecule has 2 aliphatic rings. The fourth-order valence-electron chi connectivity index (χ4n) is 8.15. The second-order valence-electron chi connectivity index (χ2n) is 14.1. The molecule has 0 N–H and O–H groups in total. The van der Waals surface area contributed by atoms with Crippen LogP contribution in [0.3, 0.4) is 0 Å². The van der Waals surface area contributed by atoms with Crippen LogP contribution in [-0.4, -0.2) is 8.07 Å². The van der Waals surface area contributed by atoms with Gasteiger partial charge in [0, 0.05) is 22.2 Å². The first-order valence-electron chi connectivity index (χ1n) is 16.7. The maximum Gasteiger partial charge on any atom is 0.130 e. The number of hydrogen-bond acceptors (Lipinski definition) is 2. The van der Waals surface area contributed by atoms with Crippen molar-refractivity contribution in [3.63, 3.8) is 0 Å². The lowest BCUT2D eigenvalue weighted by Crippen LogP contribution is -2.42. The molecule has 0 radical (unpaired) electrons. The summed E-state index contributed by atoms with van der Waals surface area (Å²) in [4.78, 5) is 0. The van der Waals surface area contributed by atoms with Crippen LogP contribution in [0.2, 0.25) is 13.1 Å². The molecule has 2 heterocycles. The monoisotopic (exact) mass is 628 g/mol. The van der Waals surface area contributed by atoms with E-state index in [1.54, 1.807) is 0 Å². The van der Waals surface area contributed by atoms with E-state index in [1.165, 1.54) is 66.8 Å². The minimum atomic E-state index is -2.34. The highest BCUT2D eigenvalue weighted by Gasteiger charge is 2.50. The standard InChI is InChI=1S/C44H40O2Si/c1-27-13-19-31(20-14-27)33-9-7-11-35-37(33)25-39(41-23-17-29(3)45-41)43(35)47(5,6)44-36-12-8-10-34(32-21-15-28(2)16-22-32)38(36)26-40(44)42-24-18-30(4)46-42/h7-26,43-44H,1-6H3. The van der Waals surface area contributed by atoms with Gasteiger partial charge in [-0.1, -0.05) is 109 Å². The van der Waals surface area contributed by atoms with Crippen LogP contribution in [0.1, 0.15) is 67.5 Å². The summed E-state index contributed by atoms with van der Waals surface area (Å²) < 4.78 is 12.9. The van der Waals surface area contributed by atoms with Crippen LogP contribution in [0.15, 0.2) is 118 Å². The molecule has 6 aromatic rings. The largest absolute Gasteiger partial charge is 0.462 e. The van der Waals surface area contributed by atoms with Crippen molar-refractivity contribution in [2.75, 3.05) is 0 Å². The maximum absolute atomic E-state index is 6.44. The summed E-state index contributed by atoms with van der Waals surface area (Å²) in [6.07, 6.45) is 4.86. The predicted octanol–water partition coefficient (Wildman–Crippen LogP) is 12.2. The van der Waals surface area contributed by atoms with E-state index in [9.17, 15) is 0 Å². The fraction of sp³-hybridized carbons (Fsp3) is 0.182. The van der Waals surface area contributed by atoms with E-state index in [-0.39, 0.29) is 11.1 Å². The molecule has 4 aromatic carbocycles. The highest BCUT2D eigenvalue weighted by molar-refractivity contribution is 6.84. The molecule has 2 nitrogen and oxygen atoms in total. The predicted molar refractivity (Wildman–Crippen MR) is 199 cm³/mol. The number of rotatable bonds is 6. The molecule has 3 heteroatoms. The topological polar surface area (TPSA) is 26.3 Å². The normalized spacial score (nSPS) is 17.0. The Labute approximate surface area is 279 Å². The molecule has 0 aliphatic heterocycles. The van der Waals surface area contributed by atoms with Crippen molar-refractivity contribution in [3.8, 4) is 22.3 Å². The maximum atomic E-state index is 6.44. The molecule has 2 aromatic heterocycles. The smallest absolute Gasteiger partial charge is 0.130 e. The first kappa shape index (κ1) is 29.5. The lowest BCUT2D eigenvalue weighted by Gasteiger charge is -2.39. The van der Waals surface area contributed by atoms with E-state index in [4.69, 9.17) is 8.83 Å². The number of fused-ring (bicyclic) bond motifs is 2. The van der Waals surface area contributed by atoms with Gasteiger partial charge in [-0.3, -0.25) is 0 Å². The van der Waals surface area contributed by atoms with Crippen LogP contribution in [0, 0.1) is 27.7 Å². The Hall–Kier alpha value is -4.86. The second kappa shape index (κ2) is 11.1. The number of hydrogen-bond donors (Lipinski definition) is 0. The van der Waals surface area contributed by atoms with E-state index in [0.717, 1.165) is 23.0 Å². The zero-order valence-electron chi connectivity index (χ0n) is 28.0. The Balaban J connectivity index is 1.34. The average Bonchev–Trinajstić information content (AvgIpc) is 3.86. The van der Waals surface area contributed by atoms with Crippen molar-refractivity contribution in [2.45, 2.75) is 51.9 Å². The summed E-state index contributed by atoms with van der Waals surface area (Å²) >= 11 is 0. The summed E-state index contributed by atoms with van der Waals surface area (Å²) in [6.45, 7) is 13.5. The van der Waals surface area contributed by atoms with Crippen molar-refractivity contribution >= 4 is 31.4 Å². The van der Waals surface area contributed by atoms with Gasteiger partial charge < -0.3 is 8.83 Å². The average molecular weight is 629 g/mol. The first-order chi connectivity index (χ1) is 22.7. The minimum absolute atomic E-state index is 0.215. The van der Waals surface area contributed by atoms with Gasteiger partial charge >= 0.3 is 0 Å². The number of allylic oxidation sites excluding steroid dienone is 2. The van der Waals surface area contributed by atoms with E-state index in [1.807, 2.05) is 13.8 Å². The second-order valence-corrected chi connectivity index (χ2v) is 18.9. The van der Waals surface area contributed by atoms with Gasteiger partial charge in [0.05, 0.1) is 8.07 Å². The third-order valence-electron chi connectivity index (χ3n) is 10.4. The van der Waals surface area contributed by atoms with Crippen LogP contribution >= 0.6 is 0 Å². The summed E-state index contributed by atoms with van der Waals surface area (Å²) in [5, 5.41) is 0. The van der Waals surface area contributed by atoms with Crippen LogP contribution in [0.5, 0.6) is 0 Å². The van der Waals surface area contributed by atoms with Crippen LogP contribution < -0.4 is 0 Å². The van der Waals surface area contributed by atoms with Crippen molar-refractivity contribution in [3.05, 3.63) is 166 Å². The highest BCUT2D eigenvalue weighted by Crippen LogP contribution is 2.58. The zero-order valence-corrected chi connectivity index (χ0v) is 29.0. The Morgan fingerprint density at radius 1 is 0.468 bits per heavy atom. The van der Waals surface area contributed by atoms with Crippen molar-refractivity contribution in [2.24, 2.45) is 0 Å². The van der Waals surface area contributed by atoms with Crippen molar-refractivity contribution < 1.29 is 8.83 Å². The molecular formula is C44H40O2Si. The fourth-order valence-corrected chi connectivity index (χ4v) is 12.6. The molecule has 2 unspecified atom stereocenters. The molecule has 2 aliphatic carbocycles. The van der Waals surface area contributed by atoms with Crippen LogP contribution in [-0.2, 0) is 0 Å². The molecule has 47 heavy (non-hydrogen) atoms. The van der Waals surface area contributed by atoms with E-state index < -0.39 is 8.07 Å². The van der Waals surface area contributed by atoms with E-state index >= 15 is 0 Å². The van der Waals surface area contributed by atoms with Crippen molar-refractivity contribution in [1.29, 1.82) is 0 Å². The summed E-state index contributed by atoms with van der Waals surface area (Å²) in [6, 6.07) is 40.2. The number of furan rings is 2. The Morgan fingerprint density at radius 2 is 0.872 bits per heavy atom. The molecule has 0 bridgehead atoms. The summed E-state index contributed by atoms with van der Waals surface area (Å²) in [5.41, 5.74) is 16.1. The quantitative estimate of drug-likeness (QED) is 0.172. The van der Waals surface area contributed by atoms with Gasteiger partial charge in [0.2, 0.25) is 0 Å². The lowest BCUT2D eigenvalue weighted by molar-refractivity contribution is 0.519. The van der Waals surface area contributed by atoms with E-state index in [0.29, 0.717) is 0 Å². The summed E-state index contributed by atoms with van der Waals surface area (Å²) in [7, 11) is -2.34. The van der Waals surface area contributed by atoms with E-state index in [2.05, 4.69) is 148 Å². The molecule has 8 rings (SSSR count). The van der Waals surface area contributed by atoms with Crippen LogP contribution in [0.25, 0.3) is 45.6 Å². The van der Waals surface area contributed by atoms with Gasteiger partial charge in [0.15, 0.2) is 0 Å². The Morgan fingerprint density at radius 3 is 1.23 bits per heavy atom. The SMILES string of the molecule is Cc1ccc(-c2cccc3c2C=C(c2ccc(C)o2)C3[Si](C)(C)C2C(c3ccc(C)o3)=Cc3c(-c4ccc(C)cc4)cccc32)cc1. The van der Waals surface area contributed by atoms with Gasteiger partial charge in [0.1, 0.15) is 23.0 Å². The Kier molecular flexibility index (Phi) is 7.00. The van der Waals surface area contributed by atoms with Gasteiger partial charge in [-0.15, -0.1) is 0 Å². The lowest BCUT2D eigenvalue weighted by atomic mass is 9.96. The molecule has 0 saturated heterocycles. The number of benzene rings is 4. The van der Waals surface area contributed by atoms with Gasteiger partial charge in [-0.25, -0.2) is 0 Å². The molecule has 0 fully saturated rings. The molecule has 2 atom stereocenters. The third-order valence-corrected chi connectivity index (χ3v) is 14.6. The Bertz CT molecular complexity index is 2040. The third kappa shape index (κ3) is 4.92. The summed E-state index contributed by atoms with van der Waals surface area (Å²) in [5.74, 6) is 3.83. The molecule has 0 saturated carbocycles. The zero-order chi connectivity index (χ0) is 32.4. The van der Waals surface area contributed by atoms with Gasteiger partial charge in [-0.05, 0) is 109 Å². The highest BCUT2D eigenvalue weighted by atomic mass is 28.3. The number of aryl methyl sites for hydroxylation is 4. The molecule has 0 amide bonds. The first-order valence-corrected chi connectivity index (χ1v) is 19.8. The molecule has 232 valence electrons. The van der Waals surface area contributed by atoms with Crippen LogP contribution in [0.4, 0.5) is 0 Å². The van der Waals surface area contributed by atoms with Gasteiger partial charge in [-0.2, -0.15) is 0 Å². The van der Waals surface area contributed by atoms with Crippen molar-refractivity contribution in [1.82, 2.24) is 0 Å². The molecule has 0 spiro atoms. The minimum Gasteiger partial charge on any atom is -0.462 e. The van der Waals surface area contributed by atoms with Gasteiger partial charge in [0.25, 0.3) is 0 Å².